The summed E-state index contributed by atoms with van der Waals surface area (Å²) in [5, 5.41) is 11.3. The quantitative estimate of drug-likeness (QED) is 0.678. The van der Waals surface area contributed by atoms with Crippen molar-refractivity contribution in [1.29, 1.82) is 0 Å². The molecule has 2 aromatic carbocycles. The summed E-state index contributed by atoms with van der Waals surface area (Å²) in [5.41, 5.74) is 5.93. The zero-order valence-electron chi connectivity index (χ0n) is 11.0. The summed E-state index contributed by atoms with van der Waals surface area (Å²) in [6.07, 6.45) is 0. The van der Waals surface area contributed by atoms with Crippen LogP contribution in [0.5, 0.6) is 11.5 Å². The summed E-state index contributed by atoms with van der Waals surface area (Å²) in [6, 6.07) is 7.27. The van der Waals surface area contributed by atoms with Gasteiger partial charge in [-0.05, 0) is 31.2 Å². The lowest BCUT2D eigenvalue weighted by Crippen LogP contribution is -2.07. The fourth-order valence-corrected chi connectivity index (χ4v) is 1.97. The summed E-state index contributed by atoms with van der Waals surface area (Å²) in [7, 11) is 0. The minimum Gasteiger partial charge on any atom is -0.450 e. The van der Waals surface area contributed by atoms with Gasteiger partial charge >= 0.3 is 5.69 Å². The van der Waals surface area contributed by atoms with Crippen LogP contribution < -0.4 is 10.5 Å². The van der Waals surface area contributed by atoms with E-state index in [2.05, 4.69) is 0 Å². The van der Waals surface area contributed by atoms with Crippen LogP contribution in [0.25, 0.3) is 0 Å². The molecule has 1 unspecified atom stereocenters. The van der Waals surface area contributed by atoms with Gasteiger partial charge in [-0.25, -0.2) is 4.39 Å². The van der Waals surface area contributed by atoms with E-state index in [-0.39, 0.29) is 17.2 Å². The smallest absolute Gasteiger partial charge is 0.311 e. The highest BCUT2D eigenvalue weighted by molar-refractivity contribution is 6.30. The molecule has 5 nitrogen and oxygen atoms in total. The molecule has 110 valence electrons. The van der Waals surface area contributed by atoms with Gasteiger partial charge in [-0.3, -0.25) is 10.1 Å². The SMILES string of the molecule is CC(N)c1cc(F)ccc1Oc1cc(Cl)ccc1[N+](=O)[O-]. The maximum Gasteiger partial charge on any atom is 0.311 e. The molecular weight excluding hydrogens is 299 g/mol. The van der Waals surface area contributed by atoms with Crippen molar-refractivity contribution in [2.45, 2.75) is 13.0 Å². The molecule has 21 heavy (non-hydrogen) atoms. The van der Waals surface area contributed by atoms with Crippen molar-refractivity contribution >= 4 is 17.3 Å². The molecule has 0 aliphatic rings. The summed E-state index contributed by atoms with van der Waals surface area (Å²) >= 11 is 5.83. The first-order chi connectivity index (χ1) is 9.88. The molecule has 1 atom stereocenters. The van der Waals surface area contributed by atoms with E-state index < -0.39 is 16.8 Å². The lowest BCUT2D eigenvalue weighted by molar-refractivity contribution is -0.385. The van der Waals surface area contributed by atoms with Gasteiger partial charge in [0.25, 0.3) is 0 Å². The first-order valence-corrected chi connectivity index (χ1v) is 6.43. The summed E-state index contributed by atoms with van der Waals surface area (Å²) < 4.78 is 18.8. The van der Waals surface area contributed by atoms with Gasteiger partial charge in [0.15, 0.2) is 0 Å². The van der Waals surface area contributed by atoms with E-state index in [0.29, 0.717) is 10.6 Å². The molecule has 2 aromatic rings. The molecule has 0 aliphatic carbocycles. The Morgan fingerprint density at radius 1 is 1.29 bits per heavy atom. The minimum absolute atomic E-state index is 0.0268. The highest BCUT2D eigenvalue weighted by Crippen LogP contribution is 2.36. The fraction of sp³-hybridized carbons (Fsp3) is 0.143. The van der Waals surface area contributed by atoms with Gasteiger partial charge in [-0.15, -0.1) is 0 Å². The van der Waals surface area contributed by atoms with Crippen LogP contribution in [0.3, 0.4) is 0 Å². The number of halogens is 2. The van der Waals surface area contributed by atoms with Gasteiger partial charge in [-0.2, -0.15) is 0 Å². The molecule has 0 aliphatic heterocycles. The predicted molar refractivity (Wildman–Crippen MR) is 77.2 cm³/mol. The highest BCUT2D eigenvalue weighted by Gasteiger charge is 2.18. The molecule has 0 heterocycles. The average Bonchev–Trinajstić information content (AvgIpc) is 2.40. The number of hydrogen-bond acceptors (Lipinski definition) is 4. The largest absolute Gasteiger partial charge is 0.450 e. The number of nitrogens with zero attached hydrogens (tertiary/aromatic N) is 1. The Kier molecular flexibility index (Phi) is 4.40. The number of benzene rings is 2. The Labute approximate surface area is 125 Å². The van der Waals surface area contributed by atoms with Crippen molar-refractivity contribution in [3.63, 3.8) is 0 Å². The highest BCUT2D eigenvalue weighted by atomic mass is 35.5. The molecule has 0 bridgehead atoms. The van der Waals surface area contributed by atoms with Crippen molar-refractivity contribution in [3.05, 3.63) is 62.9 Å². The standard InChI is InChI=1S/C14H12ClFN2O3/c1-8(17)11-7-10(16)3-5-13(11)21-14-6-9(15)2-4-12(14)18(19)20/h2-8H,17H2,1H3. The Morgan fingerprint density at radius 3 is 2.62 bits per heavy atom. The van der Waals surface area contributed by atoms with Crippen molar-refractivity contribution in [1.82, 2.24) is 0 Å². The molecular formula is C14H12ClFN2O3. The van der Waals surface area contributed by atoms with Crippen molar-refractivity contribution in [3.8, 4) is 11.5 Å². The molecule has 2 N–H and O–H groups in total. The third-order valence-electron chi connectivity index (χ3n) is 2.80. The zero-order valence-corrected chi connectivity index (χ0v) is 11.8. The van der Waals surface area contributed by atoms with Crippen LogP contribution in [0.4, 0.5) is 10.1 Å². The average molecular weight is 311 g/mol. The maximum atomic E-state index is 13.3. The zero-order chi connectivity index (χ0) is 15.6. The fourth-order valence-electron chi connectivity index (χ4n) is 1.81. The van der Waals surface area contributed by atoms with Crippen LogP contribution in [0, 0.1) is 15.9 Å². The molecule has 0 saturated heterocycles. The number of rotatable bonds is 4. The van der Waals surface area contributed by atoms with Crippen molar-refractivity contribution in [2.75, 3.05) is 0 Å². The number of nitro benzene ring substituents is 1. The van der Waals surface area contributed by atoms with Crippen LogP contribution >= 0.6 is 11.6 Å². The number of nitro groups is 1. The van der Waals surface area contributed by atoms with Crippen molar-refractivity contribution in [2.24, 2.45) is 5.73 Å². The molecule has 0 radical (unpaired) electrons. The van der Waals surface area contributed by atoms with Crippen LogP contribution in [-0.2, 0) is 0 Å². The molecule has 2 rings (SSSR count). The molecule has 0 fully saturated rings. The van der Waals surface area contributed by atoms with E-state index in [1.54, 1.807) is 6.92 Å². The second-order valence-corrected chi connectivity index (χ2v) is 4.88. The van der Waals surface area contributed by atoms with Gasteiger partial charge in [-0.1, -0.05) is 11.6 Å². The Bertz CT molecular complexity index is 692. The van der Waals surface area contributed by atoms with Gasteiger partial charge < -0.3 is 10.5 Å². The van der Waals surface area contributed by atoms with Gasteiger partial charge in [0, 0.05) is 28.8 Å². The van der Waals surface area contributed by atoms with E-state index in [4.69, 9.17) is 22.1 Å². The normalized spacial score (nSPS) is 12.0. The second-order valence-electron chi connectivity index (χ2n) is 4.44. The lowest BCUT2D eigenvalue weighted by Gasteiger charge is -2.14. The monoisotopic (exact) mass is 310 g/mol. The molecule has 0 spiro atoms. The Morgan fingerprint density at radius 2 is 2.00 bits per heavy atom. The topological polar surface area (TPSA) is 78.4 Å². The first kappa shape index (κ1) is 15.2. The first-order valence-electron chi connectivity index (χ1n) is 6.05. The van der Waals surface area contributed by atoms with E-state index in [0.717, 1.165) is 0 Å². The van der Waals surface area contributed by atoms with Crippen LogP contribution in [0.1, 0.15) is 18.5 Å². The van der Waals surface area contributed by atoms with Gasteiger partial charge in [0.05, 0.1) is 4.92 Å². The summed E-state index contributed by atoms with van der Waals surface area (Å²) in [4.78, 5) is 10.4. The van der Waals surface area contributed by atoms with Gasteiger partial charge in [0.1, 0.15) is 11.6 Å². The molecule has 0 aromatic heterocycles. The number of nitrogens with two attached hydrogens (primary N) is 1. The third kappa shape index (κ3) is 3.48. The maximum absolute atomic E-state index is 13.3. The predicted octanol–water partition coefficient (Wildman–Crippen LogP) is 4.20. The minimum atomic E-state index is -0.583. The number of ether oxygens (including phenoxy) is 1. The molecule has 0 saturated carbocycles. The van der Waals surface area contributed by atoms with Crippen LogP contribution in [0.15, 0.2) is 36.4 Å². The molecule has 0 amide bonds. The summed E-state index contributed by atoms with van der Waals surface area (Å²) in [6.45, 7) is 1.66. The number of hydrogen-bond donors (Lipinski definition) is 1. The summed E-state index contributed by atoms with van der Waals surface area (Å²) in [5.74, 6) is -0.243. The van der Waals surface area contributed by atoms with Gasteiger partial charge in [0.2, 0.25) is 5.75 Å². The van der Waals surface area contributed by atoms with E-state index in [1.165, 1.54) is 36.4 Å². The van der Waals surface area contributed by atoms with Crippen molar-refractivity contribution < 1.29 is 14.1 Å². The Hall–Kier alpha value is -2.18. The second kappa shape index (κ2) is 6.07. The molecule has 7 heteroatoms. The van der Waals surface area contributed by atoms with E-state index in [1.807, 2.05) is 0 Å². The van der Waals surface area contributed by atoms with E-state index in [9.17, 15) is 14.5 Å². The van der Waals surface area contributed by atoms with Crippen LogP contribution in [-0.4, -0.2) is 4.92 Å². The van der Waals surface area contributed by atoms with E-state index >= 15 is 0 Å². The van der Waals surface area contributed by atoms with Crippen LogP contribution in [0.2, 0.25) is 5.02 Å². The lowest BCUT2D eigenvalue weighted by atomic mass is 10.1. The third-order valence-corrected chi connectivity index (χ3v) is 3.04. The Balaban J connectivity index is 2.47.